The van der Waals surface area contributed by atoms with Gasteiger partial charge < -0.3 is 18.6 Å². The summed E-state index contributed by atoms with van der Waals surface area (Å²) in [5.41, 5.74) is 1.86. The van der Waals surface area contributed by atoms with Crippen LogP contribution in [0.5, 0.6) is 5.75 Å². The van der Waals surface area contributed by atoms with E-state index in [9.17, 15) is 14.4 Å². The van der Waals surface area contributed by atoms with Gasteiger partial charge in [0.15, 0.2) is 4.80 Å². The van der Waals surface area contributed by atoms with Crippen LogP contribution in [0.25, 0.3) is 17.4 Å². The molecule has 0 amide bonds. The van der Waals surface area contributed by atoms with Crippen LogP contribution in [0.3, 0.4) is 0 Å². The monoisotopic (exact) mass is 726 g/mol. The van der Waals surface area contributed by atoms with Gasteiger partial charge in [-0.1, -0.05) is 52.2 Å². The molecule has 2 aromatic carbocycles. The minimum Gasteiger partial charge on any atom is -0.496 e. The highest BCUT2D eigenvalue weighted by Gasteiger charge is 2.36. The van der Waals surface area contributed by atoms with Gasteiger partial charge in [-0.15, -0.1) is 0 Å². The molecule has 0 N–H and O–H groups in total. The molecule has 0 bridgehead atoms. The first-order valence-electron chi connectivity index (χ1n) is 14.7. The normalized spacial score (nSPS) is 14.7. The zero-order valence-electron chi connectivity index (χ0n) is 25.9. The second-order valence-corrected chi connectivity index (χ2v) is 13.0. The number of aromatic nitrogens is 1. The molecule has 0 aliphatic carbocycles. The number of furan rings is 1. The lowest BCUT2D eigenvalue weighted by Crippen LogP contribution is -2.40. The van der Waals surface area contributed by atoms with E-state index >= 15 is 0 Å². The summed E-state index contributed by atoms with van der Waals surface area (Å²) in [6, 6.07) is 12.8. The van der Waals surface area contributed by atoms with Gasteiger partial charge >= 0.3 is 11.9 Å². The zero-order chi connectivity index (χ0) is 33.1. The topological polar surface area (TPSA) is 109 Å². The maximum Gasteiger partial charge on any atom is 0.339 e. The Morgan fingerprint density at radius 2 is 1.91 bits per heavy atom. The van der Waals surface area contributed by atoms with Gasteiger partial charge in [0.05, 0.1) is 41.2 Å². The van der Waals surface area contributed by atoms with E-state index < -0.39 is 18.0 Å². The predicted octanol–water partition coefficient (Wildman–Crippen LogP) is 6.83. The van der Waals surface area contributed by atoms with Gasteiger partial charge in [-0.25, -0.2) is 14.6 Å². The lowest BCUT2D eigenvalue weighted by atomic mass is 9.93. The van der Waals surface area contributed by atoms with Gasteiger partial charge in [0, 0.05) is 26.7 Å². The summed E-state index contributed by atoms with van der Waals surface area (Å²) in [4.78, 5) is 45.7. The summed E-state index contributed by atoms with van der Waals surface area (Å²) in [5.74, 6) is 0.213. The van der Waals surface area contributed by atoms with Crippen LogP contribution in [0.1, 0.15) is 68.3 Å². The number of hydrogen-bond acceptors (Lipinski definition) is 9. The number of esters is 2. The highest BCUT2D eigenvalue weighted by Crippen LogP contribution is 2.38. The number of carbonyl (C=O) groups is 2. The summed E-state index contributed by atoms with van der Waals surface area (Å²) in [6.45, 7) is 7.44. The Hall–Kier alpha value is -3.93. The third kappa shape index (κ3) is 6.77. The number of ether oxygens (including phenoxy) is 3. The first-order chi connectivity index (χ1) is 22.1. The molecule has 4 aromatic rings. The van der Waals surface area contributed by atoms with E-state index in [0.717, 1.165) is 10.9 Å². The fraction of sp³-hybridized carbons (Fsp3) is 0.294. The van der Waals surface area contributed by atoms with Crippen molar-refractivity contribution in [2.45, 2.75) is 52.7 Å². The molecule has 0 spiro atoms. The molecule has 9 nitrogen and oxygen atoms in total. The Bertz CT molecular complexity index is 2020. The van der Waals surface area contributed by atoms with Crippen molar-refractivity contribution in [2.24, 2.45) is 4.99 Å². The van der Waals surface area contributed by atoms with E-state index in [2.05, 4.69) is 15.9 Å². The van der Waals surface area contributed by atoms with E-state index in [0.29, 0.717) is 66.0 Å². The van der Waals surface area contributed by atoms with Crippen LogP contribution in [0.15, 0.2) is 78.5 Å². The largest absolute Gasteiger partial charge is 0.496 e. The summed E-state index contributed by atoms with van der Waals surface area (Å²) < 4.78 is 25.3. The van der Waals surface area contributed by atoms with Crippen LogP contribution >= 0.6 is 38.9 Å². The molecule has 0 fully saturated rings. The molecular weight excluding hydrogens is 696 g/mol. The molecule has 0 saturated carbocycles. The Kier molecular flexibility index (Phi) is 10.3. The summed E-state index contributed by atoms with van der Waals surface area (Å²) in [5, 5.41) is 0.422. The molecule has 0 saturated heterocycles. The van der Waals surface area contributed by atoms with E-state index in [1.165, 1.54) is 15.9 Å². The number of benzene rings is 2. The van der Waals surface area contributed by atoms with Crippen molar-refractivity contribution in [1.82, 2.24) is 4.57 Å². The van der Waals surface area contributed by atoms with Crippen LogP contribution in [0.2, 0.25) is 5.02 Å². The van der Waals surface area contributed by atoms with Crippen molar-refractivity contribution in [2.75, 3.05) is 13.7 Å². The Balaban J connectivity index is 1.68. The summed E-state index contributed by atoms with van der Waals surface area (Å²) in [6.07, 6.45) is 2.54. The number of allylic oxidation sites excluding steroid dienone is 1. The van der Waals surface area contributed by atoms with Crippen LogP contribution in [0.4, 0.5) is 0 Å². The van der Waals surface area contributed by atoms with E-state index in [1.54, 1.807) is 70.4 Å². The van der Waals surface area contributed by atoms with Gasteiger partial charge in [0.25, 0.3) is 5.56 Å². The van der Waals surface area contributed by atoms with Gasteiger partial charge in [-0.2, -0.15) is 0 Å². The molecule has 46 heavy (non-hydrogen) atoms. The number of fused-ring (bicyclic) bond motifs is 1. The lowest BCUT2D eigenvalue weighted by molar-refractivity contribution is -0.139. The quantitative estimate of drug-likeness (QED) is 0.165. The molecule has 2 aromatic heterocycles. The molecule has 1 aliphatic rings. The number of halogens is 2. The molecular formula is C34H32BrClN2O7S. The van der Waals surface area contributed by atoms with Crippen LogP contribution in [-0.2, 0) is 14.3 Å². The molecule has 5 rings (SSSR count). The zero-order valence-corrected chi connectivity index (χ0v) is 29.0. The third-order valence-electron chi connectivity index (χ3n) is 7.09. The van der Waals surface area contributed by atoms with E-state index in [4.69, 9.17) is 35.2 Å². The van der Waals surface area contributed by atoms with Crippen LogP contribution in [0, 0.1) is 0 Å². The van der Waals surface area contributed by atoms with Gasteiger partial charge in [0.2, 0.25) is 0 Å². The van der Waals surface area contributed by atoms with Gasteiger partial charge in [-0.3, -0.25) is 9.36 Å². The minimum atomic E-state index is -0.848. The fourth-order valence-corrected chi connectivity index (χ4v) is 6.77. The molecule has 0 radical (unpaired) electrons. The first-order valence-corrected chi connectivity index (χ1v) is 16.7. The second kappa shape index (κ2) is 14.2. The Morgan fingerprint density at radius 1 is 1.13 bits per heavy atom. The number of thiazole rings is 1. The summed E-state index contributed by atoms with van der Waals surface area (Å²) >= 11 is 11.0. The maximum absolute atomic E-state index is 14.2. The average Bonchev–Trinajstić information content (AvgIpc) is 3.60. The first kappa shape index (κ1) is 33.4. The minimum absolute atomic E-state index is 0.166. The molecule has 1 aliphatic heterocycles. The Morgan fingerprint density at radius 3 is 2.61 bits per heavy atom. The van der Waals surface area contributed by atoms with Gasteiger partial charge in [0.1, 0.15) is 23.3 Å². The smallest absolute Gasteiger partial charge is 0.339 e. The number of carbonyl (C=O) groups excluding carboxylic acids is 2. The molecule has 12 heteroatoms. The molecule has 240 valence electrons. The second-order valence-electron chi connectivity index (χ2n) is 10.6. The highest BCUT2D eigenvalue weighted by atomic mass is 79.9. The van der Waals surface area contributed by atoms with Crippen LogP contribution < -0.4 is 19.6 Å². The SMILES string of the molecule is CCCC1=C(C(=O)OCC)[C@@H](c2cc(Br)ccc2OC)n2c(s/c(=C\c3ccc(-c4cc(Cl)ccc4C(=O)OC(C)C)o3)c2=O)=N1. The van der Waals surface area contributed by atoms with Crippen molar-refractivity contribution < 1.29 is 28.2 Å². The van der Waals surface area contributed by atoms with Crippen molar-refractivity contribution in [1.29, 1.82) is 0 Å². The number of hydrogen-bond donors (Lipinski definition) is 0. The van der Waals surface area contributed by atoms with Crippen LogP contribution in [-0.4, -0.2) is 36.3 Å². The Labute approximate surface area is 282 Å². The third-order valence-corrected chi connectivity index (χ3v) is 8.80. The fourth-order valence-electron chi connectivity index (χ4n) is 5.21. The molecule has 0 unspecified atom stereocenters. The van der Waals surface area contributed by atoms with Crippen molar-refractivity contribution in [3.63, 3.8) is 0 Å². The van der Waals surface area contributed by atoms with Crippen molar-refractivity contribution in [3.05, 3.63) is 106 Å². The average molecular weight is 728 g/mol. The highest BCUT2D eigenvalue weighted by molar-refractivity contribution is 9.10. The van der Waals surface area contributed by atoms with E-state index in [-0.39, 0.29) is 18.3 Å². The molecule has 1 atom stereocenters. The van der Waals surface area contributed by atoms with E-state index in [1.807, 2.05) is 19.1 Å². The summed E-state index contributed by atoms with van der Waals surface area (Å²) in [7, 11) is 1.54. The van der Waals surface area contributed by atoms with Gasteiger partial charge in [-0.05, 0) is 75.7 Å². The standard InChI is InChI=1S/C34H32BrClN2O7S/c1-6-8-25-29(33(41)43-7-2)30(24-15-19(35)9-13-26(24)42-5)38-31(39)28(46-34(38)37-25)17-21-11-14-27(45-21)23-16-20(36)10-12-22(23)32(40)44-18(3)4/h9-18,30H,6-8H2,1-5H3/b28-17-/t30-/m1/s1. The number of methoxy groups -OCH3 is 1. The maximum atomic E-state index is 14.2. The van der Waals surface area contributed by atoms with Crippen molar-refractivity contribution >= 4 is 56.9 Å². The number of nitrogens with zero attached hydrogens (tertiary/aromatic N) is 2. The molecule has 3 heterocycles. The predicted molar refractivity (Wildman–Crippen MR) is 180 cm³/mol. The van der Waals surface area contributed by atoms with Crippen molar-refractivity contribution in [3.8, 4) is 17.1 Å². The lowest BCUT2D eigenvalue weighted by Gasteiger charge is -2.27. The number of rotatable bonds is 10.